The van der Waals surface area contributed by atoms with Crippen LogP contribution in [0.5, 0.6) is 0 Å². The van der Waals surface area contributed by atoms with Crippen molar-refractivity contribution in [3.8, 4) is 0 Å². The van der Waals surface area contributed by atoms with Crippen molar-refractivity contribution in [3.63, 3.8) is 0 Å². The zero-order valence-corrected chi connectivity index (χ0v) is 21.7. The number of unbranched alkanes of at least 4 members (excludes halogenated alkanes) is 14. The minimum atomic E-state index is -2.00. The molecule has 0 atom stereocenters. The third kappa shape index (κ3) is 34.6. The second kappa shape index (κ2) is 29.1. The molecule has 0 saturated heterocycles. The average molecular weight is 504 g/mol. The molecule has 24 heavy (non-hydrogen) atoms. The van der Waals surface area contributed by atoms with Crippen molar-refractivity contribution < 1.29 is 38.5 Å². The summed E-state index contributed by atoms with van der Waals surface area (Å²) in [6, 6.07) is 0. The molecule has 0 saturated carbocycles. The molecule has 0 aromatic rings. The molecule has 0 unspecified atom stereocenters. The summed E-state index contributed by atoms with van der Waals surface area (Å²) < 4.78 is 17.0. The molecular formula is C18H38BaO4Ti. The number of carbonyl (C=O) groups is 1. The average Bonchev–Trinajstić information content (AvgIpc) is 2.51. The van der Waals surface area contributed by atoms with Gasteiger partial charge in [0.05, 0.1) is 0 Å². The first-order valence-corrected chi connectivity index (χ1v) is 10.7. The van der Waals surface area contributed by atoms with E-state index in [9.17, 15) is 4.79 Å². The van der Waals surface area contributed by atoms with E-state index < -0.39 is 25.1 Å². The quantitative estimate of drug-likeness (QED) is 0.209. The van der Waals surface area contributed by atoms with E-state index in [4.69, 9.17) is 11.8 Å². The summed E-state index contributed by atoms with van der Waals surface area (Å²) in [6.07, 6.45) is 20.2. The van der Waals surface area contributed by atoms with Gasteiger partial charge in [0.2, 0.25) is 0 Å². The van der Waals surface area contributed by atoms with E-state index >= 15 is 0 Å². The fourth-order valence-electron chi connectivity index (χ4n) is 2.65. The van der Waals surface area contributed by atoms with E-state index in [0.717, 1.165) is 12.8 Å². The van der Waals surface area contributed by atoms with Crippen molar-refractivity contribution in [2.45, 2.75) is 110 Å². The van der Waals surface area contributed by atoms with Gasteiger partial charge >= 0.3 is 80.6 Å². The van der Waals surface area contributed by atoms with Crippen molar-refractivity contribution in [2.24, 2.45) is 0 Å². The molecule has 0 fully saturated rings. The van der Waals surface area contributed by atoms with E-state index in [1.54, 1.807) is 0 Å². The molecule has 0 aromatic carbocycles. The van der Waals surface area contributed by atoms with Crippen LogP contribution in [0.1, 0.15) is 113 Å². The number of hydrogen-bond donors (Lipinski definition) is 1. The third-order valence-electron chi connectivity index (χ3n) is 3.99. The first-order valence-electron chi connectivity index (χ1n) is 9.40. The summed E-state index contributed by atoms with van der Waals surface area (Å²) in [4.78, 5) is 10.3. The van der Waals surface area contributed by atoms with Gasteiger partial charge < -0.3 is 7.96 Å². The van der Waals surface area contributed by atoms with Crippen molar-refractivity contribution in [3.05, 3.63) is 0 Å². The maximum atomic E-state index is 10.3. The van der Waals surface area contributed by atoms with Crippen molar-refractivity contribution >= 4 is 54.9 Å². The number of carboxylic acids is 1. The number of aliphatic carboxylic acids is 1. The Morgan fingerprint density at radius 1 is 0.708 bits per heavy atom. The van der Waals surface area contributed by atoms with Crippen LogP contribution in [0, 0.1) is 0 Å². The van der Waals surface area contributed by atoms with Crippen molar-refractivity contribution in [1.29, 1.82) is 0 Å². The summed E-state index contributed by atoms with van der Waals surface area (Å²) in [5.74, 6) is -0.653. The molecule has 0 rings (SSSR count). The zero-order chi connectivity index (χ0) is 17.6. The molecule has 0 aliphatic carbocycles. The molecule has 140 valence electrons. The van der Waals surface area contributed by atoms with Crippen LogP contribution >= 0.6 is 0 Å². The molecule has 4 nitrogen and oxygen atoms in total. The second-order valence-electron chi connectivity index (χ2n) is 6.18. The fourth-order valence-corrected chi connectivity index (χ4v) is 2.65. The van der Waals surface area contributed by atoms with Gasteiger partial charge in [0.15, 0.2) is 0 Å². The predicted molar refractivity (Wildman–Crippen MR) is 96.5 cm³/mol. The summed E-state index contributed by atoms with van der Waals surface area (Å²) >= 11 is -2.00. The van der Waals surface area contributed by atoms with Crippen LogP contribution in [0.25, 0.3) is 0 Å². The van der Waals surface area contributed by atoms with E-state index in [-0.39, 0.29) is 51.7 Å². The first kappa shape index (κ1) is 30.1. The summed E-state index contributed by atoms with van der Waals surface area (Å²) in [6.45, 7) is 2.27. The van der Waals surface area contributed by atoms with Gasteiger partial charge in [-0.15, -0.1) is 0 Å². The zero-order valence-electron chi connectivity index (χ0n) is 17.7. The Labute approximate surface area is 200 Å². The summed E-state index contributed by atoms with van der Waals surface area (Å²) in [5.41, 5.74) is 0. The normalized spacial score (nSPS) is 9.38. The van der Waals surface area contributed by atoms with Crippen LogP contribution in [0.4, 0.5) is 0 Å². The number of hydrogen-bond acceptors (Lipinski definition) is 3. The predicted octanol–water partition coefficient (Wildman–Crippen LogP) is 5.94. The van der Waals surface area contributed by atoms with E-state index in [2.05, 4.69) is 6.92 Å². The molecule has 1 N–H and O–H groups in total. The third-order valence-corrected chi connectivity index (χ3v) is 3.99. The van der Waals surface area contributed by atoms with Crippen molar-refractivity contribution in [1.82, 2.24) is 0 Å². The van der Waals surface area contributed by atoms with Crippen LogP contribution in [-0.2, 0) is 30.5 Å². The van der Waals surface area contributed by atoms with Crippen LogP contribution in [-0.4, -0.2) is 60.0 Å². The molecule has 6 heteroatoms. The maximum absolute atomic E-state index is 10.3. The minimum absolute atomic E-state index is 0. The van der Waals surface area contributed by atoms with Gasteiger partial charge in [-0.1, -0.05) is 96.8 Å². The van der Waals surface area contributed by atoms with E-state index in [0.29, 0.717) is 6.42 Å². The Hall–Kier alpha value is 1.36. The monoisotopic (exact) mass is 504 g/mol. The van der Waals surface area contributed by atoms with Gasteiger partial charge in [0, 0.05) is 6.42 Å². The van der Waals surface area contributed by atoms with Gasteiger partial charge in [-0.2, -0.15) is 0 Å². The molecular weight excluding hydrogens is 465 g/mol. The van der Waals surface area contributed by atoms with Crippen LogP contribution in [0.15, 0.2) is 0 Å². The molecule has 0 aliphatic heterocycles. The Morgan fingerprint density at radius 2 is 0.958 bits per heavy atom. The van der Waals surface area contributed by atoms with Gasteiger partial charge in [-0.3, -0.25) is 4.79 Å². The second-order valence-corrected chi connectivity index (χ2v) is 6.44. The standard InChI is InChI=1S/C18H36O2.Ba.2O.Ti.2H/c1-2-3-4-5-6-7-8-9-10-11-12-13-14-15-16-17-18(19)20;;;;;;/h2-17H2,1H3,(H,19,20);;;;;;/q;+2;;;;2*-1. The SMILES string of the molecule is CCCCCCCCCCCCCCCCCC(=O)O.[Ba+2].[H-].[H-].[O]=[Ti]=[O]. The molecule has 0 heterocycles. The van der Waals surface area contributed by atoms with Crippen LogP contribution < -0.4 is 0 Å². The van der Waals surface area contributed by atoms with Gasteiger partial charge in [-0.05, 0) is 6.42 Å². The number of carboxylic acid groups (broad SMARTS) is 1. The van der Waals surface area contributed by atoms with Crippen molar-refractivity contribution in [2.75, 3.05) is 0 Å². The Bertz CT molecular complexity index is 292. The van der Waals surface area contributed by atoms with Gasteiger partial charge in [0.25, 0.3) is 0 Å². The van der Waals surface area contributed by atoms with Crippen LogP contribution in [0.3, 0.4) is 0 Å². The molecule has 0 aliphatic rings. The van der Waals surface area contributed by atoms with Gasteiger partial charge in [0.1, 0.15) is 0 Å². The number of rotatable bonds is 16. The molecule has 0 bridgehead atoms. The Kier molecular flexibility index (Phi) is 36.5. The van der Waals surface area contributed by atoms with E-state index in [1.165, 1.54) is 83.5 Å². The molecule has 0 radical (unpaired) electrons. The Morgan fingerprint density at radius 3 is 1.21 bits per heavy atom. The van der Waals surface area contributed by atoms with Crippen LogP contribution in [0.2, 0.25) is 0 Å². The van der Waals surface area contributed by atoms with E-state index in [1.807, 2.05) is 0 Å². The first-order chi connectivity index (χ1) is 11.2. The molecule has 0 spiro atoms. The summed E-state index contributed by atoms with van der Waals surface area (Å²) in [7, 11) is 0. The van der Waals surface area contributed by atoms with Gasteiger partial charge in [-0.25, -0.2) is 0 Å². The topological polar surface area (TPSA) is 71.4 Å². The molecule has 0 amide bonds. The molecule has 0 aromatic heterocycles. The fraction of sp³-hybridized carbons (Fsp3) is 0.944. The summed E-state index contributed by atoms with van der Waals surface area (Å²) in [5, 5.41) is 8.52. The Balaban J connectivity index is -0.000000228.